The Morgan fingerprint density at radius 2 is 1.94 bits per heavy atom. The smallest absolute Gasteiger partial charge is 0.262 e. The second-order valence-electron chi connectivity index (χ2n) is 8.27. The summed E-state index contributed by atoms with van der Waals surface area (Å²) in [5.41, 5.74) is 1.28. The van der Waals surface area contributed by atoms with Crippen molar-refractivity contribution in [3.63, 3.8) is 0 Å². The van der Waals surface area contributed by atoms with Gasteiger partial charge in [-0.3, -0.25) is 14.2 Å². The number of anilines is 1. The molecule has 33 heavy (non-hydrogen) atoms. The van der Waals surface area contributed by atoms with Crippen molar-refractivity contribution in [2.24, 2.45) is 0 Å². The van der Waals surface area contributed by atoms with Gasteiger partial charge in [0, 0.05) is 12.3 Å². The largest absolute Gasteiger partial charge is 0.376 e. The summed E-state index contributed by atoms with van der Waals surface area (Å²) in [6.45, 7) is 2.99. The summed E-state index contributed by atoms with van der Waals surface area (Å²) in [5.74, 6) is -0.138. The first-order chi connectivity index (χ1) is 16.1. The number of carbonyl (C=O) groups excluding carboxylic acids is 1. The Bertz CT molecular complexity index is 1380. The minimum atomic E-state index is -0.444. The molecule has 2 atom stereocenters. The van der Waals surface area contributed by atoms with Crippen LogP contribution in [0.2, 0.25) is 0 Å². The van der Waals surface area contributed by atoms with Crippen molar-refractivity contribution in [1.29, 1.82) is 0 Å². The second-order valence-corrected chi connectivity index (χ2v) is 9.58. The van der Waals surface area contributed by atoms with E-state index in [4.69, 9.17) is 9.72 Å². The molecule has 1 fully saturated rings. The van der Waals surface area contributed by atoms with E-state index in [2.05, 4.69) is 5.32 Å². The van der Waals surface area contributed by atoms with Crippen molar-refractivity contribution in [2.45, 2.75) is 42.8 Å². The van der Waals surface area contributed by atoms with Gasteiger partial charge in [-0.25, -0.2) is 4.98 Å². The number of carbonyl (C=O) groups is 1. The van der Waals surface area contributed by atoms with Gasteiger partial charge in [-0.2, -0.15) is 0 Å². The number of fused-ring (bicyclic) bond motifs is 2. The van der Waals surface area contributed by atoms with Crippen LogP contribution in [0.5, 0.6) is 0 Å². The van der Waals surface area contributed by atoms with Crippen molar-refractivity contribution in [3.8, 4) is 0 Å². The highest BCUT2D eigenvalue weighted by Crippen LogP contribution is 2.26. The van der Waals surface area contributed by atoms with Crippen molar-refractivity contribution in [1.82, 2.24) is 9.55 Å². The average molecular weight is 460 g/mol. The summed E-state index contributed by atoms with van der Waals surface area (Å²) >= 11 is 1.30. The van der Waals surface area contributed by atoms with Crippen LogP contribution in [0.15, 0.2) is 76.7 Å². The second kappa shape index (κ2) is 9.37. The number of benzene rings is 3. The number of para-hydroxylation sites is 1. The summed E-state index contributed by atoms with van der Waals surface area (Å²) in [6, 6.07) is 21.2. The van der Waals surface area contributed by atoms with Crippen LogP contribution < -0.4 is 10.9 Å². The van der Waals surface area contributed by atoms with E-state index in [9.17, 15) is 9.59 Å². The minimum absolute atomic E-state index is 0.00764. The highest BCUT2D eigenvalue weighted by atomic mass is 32.2. The molecule has 2 heterocycles. The van der Waals surface area contributed by atoms with Gasteiger partial charge in [-0.1, -0.05) is 54.2 Å². The Labute approximate surface area is 196 Å². The molecule has 168 valence electrons. The molecule has 3 aromatic carbocycles. The Balaban J connectivity index is 1.40. The van der Waals surface area contributed by atoms with Gasteiger partial charge in [0.2, 0.25) is 5.91 Å². The number of thioether (sulfide) groups is 1. The lowest BCUT2D eigenvalue weighted by Gasteiger charge is -2.18. The number of nitrogens with zero attached hydrogens (tertiary/aromatic N) is 2. The molecule has 0 saturated carbocycles. The number of aromatic nitrogens is 2. The fourth-order valence-corrected chi connectivity index (χ4v) is 5.03. The van der Waals surface area contributed by atoms with Gasteiger partial charge in [0.15, 0.2) is 5.16 Å². The minimum Gasteiger partial charge on any atom is -0.376 e. The zero-order chi connectivity index (χ0) is 22.8. The van der Waals surface area contributed by atoms with E-state index in [1.165, 1.54) is 11.8 Å². The SMILES string of the molecule is CC(Sc1nc2ccccc2c(=O)n1CC1CCCO1)C(=O)Nc1ccc2ccccc2c1. The van der Waals surface area contributed by atoms with E-state index in [0.29, 0.717) is 29.2 Å². The highest BCUT2D eigenvalue weighted by molar-refractivity contribution is 8.00. The maximum Gasteiger partial charge on any atom is 0.262 e. The molecule has 2 unspecified atom stereocenters. The number of ether oxygens (including phenoxy) is 1. The van der Waals surface area contributed by atoms with Crippen LogP contribution in [0.1, 0.15) is 19.8 Å². The molecule has 0 spiro atoms. The normalized spacial score (nSPS) is 16.8. The molecule has 0 radical (unpaired) electrons. The summed E-state index contributed by atoms with van der Waals surface area (Å²) in [4.78, 5) is 31.0. The van der Waals surface area contributed by atoms with Crippen LogP contribution in [0.4, 0.5) is 5.69 Å². The zero-order valence-corrected chi connectivity index (χ0v) is 19.2. The lowest BCUT2D eigenvalue weighted by molar-refractivity contribution is -0.115. The third-order valence-electron chi connectivity index (χ3n) is 5.91. The van der Waals surface area contributed by atoms with Gasteiger partial charge in [0.05, 0.1) is 28.8 Å². The molecular formula is C26H25N3O3S. The molecule has 1 saturated heterocycles. The summed E-state index contributed by atoms with van der Waals surface area (Å²) in [7, 11) is 0. The molecule has 4 aromatic rings. The fourth-order valence-electron chi connectivity index (χ4n) is 4.11. The van der Waals surface area contributed by atoms with E-state index in [0.717, 1.165) is 29.3 Å². The molecule has 0 aliphatic carbocycles. The van der Waals surface area contributed by atoms with Crippen LogP contribution in [0.25, 0.3) is 21.7 Å². The molecule has 1 amide bonds. The molecular weight excluding hydrogens is 434 g/mol. The van der Waals surface area contributed by atoms with E-state index in [-0.39, 0.29) is 17.6 Å². The molecule has 1 aliphatic rings. The maximum atomic E-state index is 13.3. The van der Waals surface area contributed by atoms with Crippen LogP contribution >= 0.6 is 11.8 Å². The highest BCUT2D eigenvalue weighted by Gasteiger charge is 2.23. The fraction of sp³-hybridized carbons (Fsp3) is 0.269. The summed E-state index contributed by atoms with van der Waals surface area (Å²) in [5, 5.41) is 5.86. The lowest BCUT2D eigenvalue weighted by Crippen LogP contribution is -2.30. The Morgan fingerprint density at radius 3 is 2.76 bits per heavy atom. The van der Waals surface area contributed by atoms with Crippen molar-refractivity contribution in [3.05, 3.63) is 77.1 Å². The van der Waals surface area contributed by atoms with E-state index >= 15 is 0 Å². The third kappa shape index (κ3) is 4.65. The molecule has 7 heteroatoms. The van der Waals surface area contributed by atoms with Gasteiger partial charge in [0.1, 0.15) is 0 Å². The predicted molar refractivity (Wildman–Crippen MR) is 133 cm³/mol. The lowest BCUT2D eigenvalue weighted by atomic mass is 10.1. The van der Waals surface area contributed by atoms with Gasteiger partial charge in [-0.05, 0) is 54.8 Å². The first kappa shape index (κ1) is 21.7. The quantitative estimate of drug-likeness (QED) is 0.330. The van der Waals surface area contributed by atoms with Crippen molar-refractivity contribution >= 4 is 45.0 Å². The zero-order valence-electron chi connectivity index (χ0n) is 18.4. The predicted octanol–water partition coefficient (Wildman–Crippen LogP) is 4.85. The van der Waals surface area contributed by atoms with E-state index in [1.54, 1.807) is 10.6 Å². The first-order valence-corrected chi connectivity index (χ1v) is 12.0. The van der Waals surface area contributed by atoms with Gasteiger partial charge < -0.3 is 10.1 Å². The first-order valence-electron chi connectivity index (χ1n) is 11.2. The Kier molecular flexibility index (Phi) is 6.15. The number of amides is 1. The number of hydrogen-bond donors (Lipinski definition) is 1. The van der Waals surface area contributed by atoms with Crippen LogP contribution in [0, 0.1) is 0 Å². The Hall–Kier alpha value is -3.16. The number of rotatable bonds is 6. The van der Waals surface area contributed by atoms with Gasteiger partial charge in [-0.15, -0.1) is 0 Å². The number of hydrogen-bond acceptors (Lipinski definition) is 5. The molecule has 5 rings (SSSR count). The van der Waals surface area contributed by atoms with E-state index in [1.807, 2.05) is 67.6 Å². The van der Waals surface area contributed by atoms with Gasteiger partial charge in [0.25, 0.3) is 5.56 Å². The molecule has 1 aromatic heterocycles. The average Bonchev–Trinajstić information content (AvgIpc) is 3.35. The molecule has 6 nitrogen and oxygen atoms in total. The van der Waals surface area contributed by atoms with E-state index < -0.39 is 5.25 Å². The standard InChI is InChI=1S/C26H25N3O3S/c1-17(24(30)27-20-13-12-18-7-2-3-8-19(18)15-20)33-26-28-23-11-5-4-10-22(23)25(31)29(26)16-21-9-6-14-32-21/h2-5,7-8,10-13,15,17,21H,6,9,14,16H2,1H3,(H,27,30). The maximum absolute atomic E-state index is 13.3. The monoisotopic (exact) mass is 459 g/mol. The third-order valence-corrected chi connectivity index (χ3v) is 7.00. The van der Waals surface area contributed by atoms with Crippen LogP contribution in [-0.4, -0.2) is 33.4 Å². The molecule has 1 N–H and O–H groups in total. The summed E-state index contributed by atoms with van der Waals surface area (Å²) in [6.07, 6.45) is 1.90. The van der Waals surface area contributed by atoms with Gasteiger partial charge >= 0.3 is 0 Å². The summed E-state index contributed by atoms with van der Waals surface area (Å²) < 4.78 is 7.44. The molecule has 0 bridgehead atoms. The topological polar surface area (TPSA) is 73.2 Å². The van der Waals surface area contributed by atoms with Crippen LogP contribution in [-0.2, 0) is 16.1 Å². The van der Waals surface area contributed by atoms with Crippen molar-refractivity contribution < 1.29 is 9.53 Å². The van der Waals surface area contributed by atoms with Crippen LogP contribution in [0.3, 0.4) is 0 Å². The Morgan fingerprint density at radius 1 is 1.15 bits per heavy atom. The molecule has 1 aliphatic heterocycles. The van der Waals surface area contributed by atoms with Crippen molar-refractivity contribution in [2.75, 3.05) is 11.9 Å². The number of nitrogens with one attached hydrogen (secondary N) is 1.